The lowest BCUT2D eigenvalue weighted by atomic mass is 10.2. The summed E-state index contributed by atoms with van der Waals surface area (Å²) in [7, 11) is 0. The number of rotatable bonds is 5. The number of amides is 1. The van der Waals surface area contributed by atoms with E-state index in [0.717, 1.165) is 11.4 Å². The van der Waals surface area contributed by atoms with Gasteiger partial charge >= 0.3 is 0 Å². The van der Waals surface area contributed by atoms with Crippen LogP contribution in [0.15, 0.2) is 47.1 Å². The van der Waals surface area contributed by atoms with Crippen LogP contribution in [0.4, 0.5) is 15.9 Å². The number of piperazine rings is 1. The van der Waals surface area contributed by atoms with Gasteiger partial charge in [0.2, 0.25) is 5.91 Å². The van der Waals surface area contributed by atoms with Crippen LogP contribution in [0.3, 0.4) is 0 Å². The van der Waals surface area contributed by atoms with E-state index in [1.165, 1.54) is 6.07 Å². The summed E-state index contributed by atoms with van der Waals surface area (Å²) >= 11 is 0. The Hall–Kier alpha value is -3.33. The highest BCUT2D eigenvalue weighted by molar-refractivity contribution is 5.92. The molecule has 1 fully saturated rings. The number of anilines is 2. The van der Waals surface area contributed by atoms with E-state index >= 15 is 0 Å². The van der Waals surface area contributed by atoms with Crippen LogP contribution in [0.5, 0.6) is 0 Å². The second kappa shape index (κ2) is 8.36. The molecule has 8 nitrogen and oxygen atoms in total. The minimum absolute atomic E-state index is 0.198. The molecular formula is C20H21FN6O2. The van der Waals surface area contributed by atoms with Gasteiger partial charge in [-0.3, -0.25) is 9.69 Å². The van der Waals surface area contributed by atoms with Crippen LogP contribution in [0.1, 0.15) is 5.82 Å². The third-order valence-corrected chi connectivity index (χ3v) is 4.73. The van der Waals surface area contributed by atoms with Gasteiger partial charge in [0.1, 0.15) is 11.6 Å². The lowest BCUT2D eigenvalue weighted by Crippen LogP contribution is -2.49. The third kappa shape index (κ3) is 4.40. The molecule has 0 bridgehead atoms. The van der Waals surface area contributed by atoms with Gasteiger partial charge in [0.05, 0.1) is 17.8 Å². The molecule has 29 heavy (non-hydrogen) atoms. The highest BCUT2D eigenvalue weighted by Gasteiger charge is 2.23. The minimum atomic E-state index is -0.440. The fourth-order valence-corrected chi connectivity index (χ4v) is 3.30. The number of hydrogen-bond acceptors (Lipinski definition) is 7. The van der Waals surface area contributed by atoms with E-state index in [1.807, 2.05) is 17.0 Å². The molecule has 0 aliphatic carbocycles. The highest BCUT2D eigenvalue weighted by Crippen LogP contribution is 2.28. The summed E-state index contributed by atoms with van der Waals surface area (Å²) in [5.41, 5.74) is 0.989. The van der Waals surface area contributed by atoms with Crippen molar-refractivity contribution in [1.82, 2.24) is 20.0 Å². The largest absolute Gasteiger partial charge is 0.353 e. The number of pyridine rings is 1. The quantitative estimate of drug-likeness (QED) is 0.708. The molecule has 1 saturated heterocycles. The first kappa shape index (κ1) is 19.0. The van der Waals surface area contributed by atoms with Gasteiger partial charge < -0.3 is 14.7 Å². The molecule has 0 spiro atoms. The number of nitrogens with one attached hydrogen (secondary N) is 1. The topological polar surface area (TPSA) is 87.4 Å². The van der Waals surface area contributed by atoms with Crippen molar-refractivity contribution in [1.29, 1.82) is 0 Å². The van der Waals surface area contributed by atoms with E-state index < -0.39 is 5.82 Å². The number of halogens is 1. The predicted octanol–water partition coefficient (Wildman–Crippen LogP) is 2.34. The zero-order valence-corrected chi connectivity index (χ0v) is 16.0. The molecule has 0 saturated carbocycles. The molecule has 3 heterocycles. The van der Waals surface area contributed by atoms with Crippen molar-refractivity contribution in [3.05, 3.63) is 54.2 Å². The number of carbonyl (C=O) groups is 1. The monoisotopic (exact) mass is 396 g/mol. The van der Waals surface area contributed by atoms with E-state index in [-0.39, 0.29) is 18.1 Å². The third-order valence-electron chi connectivity index (χ3n) is 4.73. The Morgan fingerprint density at radius 1 is 1.17 bits per heavy atom. The van der Waals surface area contributed by atoms with Crippen LogP contribution in [0.25, 0.3) is 11.5 Å². The summed E-state index contributed by atoms with van der Waals surface area (Å²) in [6, 6.07) is 9.89. The Balaban J connectivity index is 1.37. The molecule has 0 radical (unpaired) electrons. The molecule has 1 N–H and O–H groups in total. The molecule has 4 rings (SSSR count). The van der Waals surface area contributed by atoms with Crippen molar-refractivity contribution >= 4 is 17.4 Å². The van der Waals surface area contributed by atoms with Crippen molar-refractivity contribution in [2.45, 2.75) is 6.92 Å². The zero-order chi connectivity index (χ0) is 20.2. The summed E-state index contributed by atoms with van der Waals surface area (Å²) in [4.78, 5) is 25.2. The molecule has 1 aliphatic heterocycles. The molecule has 9 heteroatoms. The number of para-hydroxylation sites is 1. The Morgan fingerprint density at radius 3 is 2.69 bits per heavy atom. The Morgan fingerprint density at radius 2 is 1.97 bits per heavy atom. The first-order chi connectivity index (χ1) is 14.1. The average molecular weight is 396 g/mol. The molecule has 2 aromatic heterocycles. The average Bonchev–Trinajstić information content (AvgIpc) is 3.16. The van der Waals surface area contributed by atoms with Crippen molar-refractivity contribution in [3.63, 3.8) is 0 Å². The molecule has 1 amide bonds. The SMILES string of the molecule is Cc1noc(-c2cccnc2N2CCN(CC(=O)Nc3ccccc3F)CC2)n1. The molecule has 150 valence electrons. The predicted molar refractivity (Wildman–Crippen MR) is 106 cm³/mol. The Bertz CT molecular complexity index is 1000. The smallest absolute Gasteiger partial charge is 0.261 e. The van der Waals surface area contributed by atoms with Crippen LogP contribution in [-0.2, 0) is 4.79 Å². The van der Waals surface area contributed by atoms with E-state index in [4.69, 9.17) is 4.52 Å². The fraction of sp³-hybridized carbons (Fsp3) is 0.300. The van der Waals surface area contributed by atoms with Gasteiger partial charge in [0.15, 0.2) is 5.82 Å². The lowest BCUT2D eigenvalue weighted by Gasteiger charge is -2.35. The van der Waals surface area contributed by atoms with Crippen LogP contribution >= 0.6 is 0 Å². The maximum absolute atomic E-state index is 13.7. The standard InChI is InChI=1S/C20H21FN6O2/c1-14-23-20(29-25-14)15-5-4-8-22-19(15)27-11-9-26(10-12-27)13-18(28)24-17-7-3-2-6-16(17)21/h2-8H,9-13H2,1H3,(H,24,28). The minimum Gasteiger partial charge on any atom is -0.353 e. The Kier molecular flexibility index (Phi) is 5.48. The van der Waals surface area contributed by atoms with E-state index in [1.54, 1.807) is 31.3 Å². The van der Waals surface area contributed by atoms with Gasteiger partial charge in [0.25, 0.3) is 5.89 Å². The molecule has 1 aromatic carbocycles. The van der Waals surface area contributed by atoms with Crippen molar-refractivity contribution in [3.8, 4) is 11.5 Å². The van der Waals surface area contributed by atoms with Gasteiger partial charge in [-0.25, -0.2) is 9.37 Å². The molecule has 0 unspecified atom stereocenters. The summed E-state index contributed by atoms with van der Waals surface area (Å²) < 4.78 is 19.0. The van der Waals surface area contributed by atoms with Gasteiger partial charge in [-0.1, -0.05) is 17.3 Å². The summed E-state index contributed by atoms with van der Waals surface area (Å²) in [5, 5.41) is 6.48. The maximum Gasteiger partial charge on any atom is 0.261 e. The number of benzene rings is 1. The van der Waals surface area contributed by atoms with Crippen molar-refractivity contribution in [2.24, 2.45) is 0 Å². The Labute approximate surface area is 167 Å². The zero-order valence-electron chi connectivity index (χ0n) is 16.0. The number of carbonyl (C=O) groups excluding carboxylic acids is 1. The van der Waals surface area contributed by atoms with Crippen LogP contribution < -0.4 is 10.2 Å². The number of nitrogens with zero attached hydrogens (tertiary/aromatic N) is 5. The first-order valence-corrected chi connectivity index (χ1v) is 9.37. The van der Waals surface area contributed by atoms with Crippen LogP contribution in [0, 0.1) is 12.7 Å². The van der Waals surface area contributed by atoms with Gasteiger partial charge in [-0.2, -0.15) is 4.98 Å². The number of hydrogen-bond donors (Lipinski definition) is 1. The van der Waals surface area contributed by atoms with Crippen molar-refractivity contribution < 1.29 is 13.7 Å². The number of aromatic nitrogens is 3. The van der Waals surface area contributed by atoms with Gasteiger partial charge in [0, 0.05) is 32.4 Å². The second-order valence-electron chi connectivity index (χ2n) is 6.81. The van der Waals surface area contributed by atoms with Crippen molar-refractivity contribution in [2.75, 3.05) is 42.9 Å². The van der Waals surface area contributed by atoms with Crippen LogP contribution in [0.2, 0.25) is 0 Å². The molecule has 0 atom stereocenters. The highest BCUT2D eigenvalue weighted by atomic mass is 19.1. The second-order valence-corrected chi connectivity index (χ2v) is 6.81. The van der Waals surface area contributed by atoms with E-state index in [0.29, 0.717) is 37.9 Å². The molecule has 3 aromatic rings. The lowest BCUT2D eigenvalue weighted by molar-refractivity contribution is -0.117. The van der Waals surface area contributed by atoms with E-state index in [9.17, 15) is 9.18 Å². The summed E-state index contributed by atoms with van der Waals surface area (Å²) in [6.45, 7) is 4.75. The molecule has 1 aliphatic rings. The summed E-state index contributed by atoms with van der Waals surface area (Å²) in [6.07, 6.45) is 1.73. The van der Waals surface area contributed by atoms with E-state index in [2.05, 4.69) is 25.3 Å². The normalized spacial score (nSPS) is 14.8. The summed E-state index contributed by atoms with van der Waals surface area (Å²) in [5.74, 6) is 1.12. The van der Waals surface area contributed by atoms with Gasteiger partial charge in [-0.05, 0) is 31.2 Å². The fourth-order valence-electron chi connectivity index (χ4n) is 3.30. The number of aryl methyl sites for hydroxylation is 1. The van der Waals surface area contributed by atoms with Gasteiger partial charge in [-0.15, -0.1) is 0 Å². The molecular weight excluding hydrogens is 375 g/mol. The van der Waals surface area contributed by atoms with Crippen LogP contribution in [-0.4, -0.2) is 58.7 Å². The maximum atomic E-state index is 13.7. The first-order valence-electron chi connectivity index (χ1n) is 9.37.